The van der Waals surface area contributed by atoms with E-state index in [2.05, 4.69) is 0 Å². The quantitative estimate of drug-likeness (QED) is 0.376. The van der Waals surface area contributed by atoms with E-state index >= 15 is 0 Å². The molecule has 0 radical (unpaired) electrons. The average molecular weight is 129 g/mol. The van der Waals surface area contributed by atoms with Crippen molar-refractivity contribution in [2.75, 3.05) is 0 Å². The molecule has 0 amide bonds. The summed E-state index contributed by atoms with van der Waals surface area (Å²) >= 11 is 0. The van der Waals surface area contributed by atoms with Gasteiger partial charge < -0.3 is 27.0 Å². The van der Waals surface area contributed by atoms with E-state index in [1.807, 2.05) is 0 Å². The molecule has 0 unspecified atom stereocenters. The topological polar surface area (TPSA) is 0 Å². The molecule has 16 valence electrons. The fourth-order valence-electron chi connectivity index (χ4n) is 0. The molecule has 0 saturated carbocycles. The summed E-state index contributed by atoms with van der Waals surface area (Å²) in [6.45, 7) is 0. The molecule has 0 nitrogen and oxygen atoms in total. The van der Waals surface area contributed by atoms with Crippen molar-refractivity contribution in [3.05, 3.63) is 0 Å². The molecular weight excluding hydrogens is 129 g/mol. The zero-order valence-corrected chi connectivity index (χ0v) is 7.49. The summed E-state index contributed by atoms with van der Waals surface area (Å²) in [6, 6.07) is 0. The molecule has 0 aliphatic rings. The van der Waals surface area contributed by atoms with Crippen LogP contribution in [-0.4, -0.2) is 60.8 Å². The fourth-order valence-corrected chi connectivity index (χ4v) is 0. The number of hydrogen-bond donors (Lipinski definition) is 0. The van der Waals surface area contributed by atoms with Crippen LogP contribution >= 0.6 is 0 Å². The molecule has 0 saturated heterocycles. The molecule has 0 aromatic carbocycles. The molecule has 0 aromatic rings. The molecule has 0 aliphatic carbocycles. The largest absolute Gasteiger partial charge is 2.00 e. The van der Waals surface area contributed by atoms with Gasteiger partial charge in [0.05, 0.1) is 0 Å². The molecule has 0 aliphatic heterocycles. The monoisotopic (exact) mass is 128 g/mol. The van der Waals surface area contributed by atoms with Gasteiger partial charge >= 0.3 is 60.8 Å². The summed E-state index contributed by atoms with van der Waals surface area (Å²) in [4.78, 5) is 0. The van der Waals surface area contributed by atoms with Gasteiger partial charge in [-0.05, 0) is 0 Å². The first-order valence-corrected chi connectivity index (χ1v) is 0. The van der Waals surface area contributed by atoms with Crippen molar-refractivity contribution in [1.29, 1.82) is 0 Å². The summed E-state index contributed by atoms with van der Waals surface area (Å²) in [5, 5.41) is 0. The van der Waals surface area contributed by atoms with E-state index in [1.54, 1.807) is 0 Å². The third-order valence-electron chi connectivity index (χ3n) is 0. The first-order valence-electron chi connectivity index (χ1n) is 0. The molecule has 0 aromatic heterocycles. The van der Waals surface area contributed by atoms with Crippen LogP contribution < -0.4 is 0 Å². The maximum absolute atomic E-state index is 0. The van der Waals surface area contributed by atoms with Crippen LogP contribution in [0.15, 0.2) is 0 Å². The third-order valence-corrected chi connectivity index (χ3v) is 0. The van der Waals surface area contributed by atoms with Crippen molar-refractivity contribution in [3.63, 3.8) is 0 Å². The van der Waals surface area contributed by atoms with Gasteiger partial charge in [-0.3, -0.25) is 0 Å². The van der Waals surface area contributed by atoms with Crippen molar-refractivity contribution in [3.8, 4) is 0 Å². The molecule has 0 atom stereocenters. The van der Waals surface area contributed by atoms with Crippen molar-refractivity contribution < 1.29 is 0 Å². The van der Waals surface area contributed by atoms with Gasteiger partial charge in [-0.2, -0.15) is 0 Å². The summed E-state index contributed by atoms with van der Waals surface area (Å²) in [5.74, 6) is 0. The Bertz CT molecular complexity index is 6.00. The van der Waals surface area contributed by atoms with Crippen LogP contribution in [0.2, 0.25) is 0 Å². The summed E-state index contributed by atoms with van der Waals surface area (Å²) < 4.78 is 0. The van der Waals surface area contributed by atoms with Crippen LogP contribution in [0.3, 0.4) is 0 Å². The minimum absolute atomic E-state index is 0. The second-order valence-corrected chi connectivity index (χ2v) is 0. The Balaban J connectivity index is 0. The van der Waals surface area contributed by atoms with Gasteiger partial charge in [0.1, 0.15) is 0 Å². The van der Waals surface area contributed by atoms with Gasteiger partial charge in [-0.15, -0.1) is 0 Å². The van der Waals surface area contributed by atoms with Crippen LogP contribution in [0.5, 0.6) is 0 Å². The van der Waals surface area contributed by atoms with E-state index in [-0.39, 0.29) is 87.8 Å². The normalized spacial score (nSPS) is 0. The van der Waals surface area contributed by atoms with Gasteiger partial charge in [0.15, 0.2) is 0 Å². The molecule has 4 heteroatoms. The molecule has 0 spiro atoms. The SMILES string of the molecule is [Ca+2].[Mg+2].[S-2].[S-2]. The van der Waals surface area contributed by atoms with Crippen LogP contribution in [0, 0.1) is 0 Å². The van der Waals surface area contributed by atoms with Crippen molar-refractivity contribution >= 4 is 87.8 Å². The Labute approximate surface area is 86.1 Å². The van der Waals surface area contributed by atoms with Gasteiger partial charge in [-0.1, -0.05) is 0 Å². The van der Waals surface area contributed by atoms with Crippen LogP contribution in [0.1, 0.15) is 0 Å². The summed E-state index contributed by atoms with van der Waals surface area (Å²) in [7, 11) is 0. The second kappa shape index (κ2) is 17.2. The van der Waals surface area contributed by atoms with Gasteiger partial charge in [-0.25, -0.2) is 0 Å². The zero-order valence-electron chi connectivity index (χ0n) is 2.23. The zero-order chi connectivity index (χ0) is 0. The molecular formula is CaMgS2. The first-order chi connectivity index (χ1) is 0. The smallest absolute Gasteiger partial charge is 2.00 e. The summed E-state index contributed by atoms with van der Waals surface area (Å²) in [5.41, 5.74) is 0. The Morgan fingerprint density at radius 3 is 0.750 bits per heavy atom. The minimum Gasteiger partial charge on any atom is -2.00 e. The first kappa shape index (κ1) is 29.7. The molecule has 0 fully saturated rings. The maximum atomic E-state index is 0. The van der Waals surface area contributed by atoms with Crippen LogP contribution in [0.25, 0.3) is 0 Å². The van der Waals surface area contributed by atoms with E-state index in [1.165, 1.54) is 0 Å². The van der Waals surface area contributed by atoms with Gasteiger partial charge in [0.2, 0.25) is 0 Å². The van der Waals surface area contributed by atoms with Crippen molar-refractivity contribution in [1.82, 2.24) is 0 Å². The molecule has 0 rings (SSSR count). The number of hydrogen-bond acceptors (Lipinski definition) is 0. The Hall–Kier alpha value is 2.73. The average Bonchev–Trinajstić information content (AvgIpc) is 0. The predicted octanol–water partition coefficient (Wildman–Crippen LogP) is -0.766. The molecule has 0 N–H and O–H groups in total. The second-order valence-electron chi connectivity index (χ2n) is 0. The minimum atomic E-state index is 0. The van der Waals surface area contributed by atoms with E-state index < -0.39 is 0 Å². The van der Waals surface area contributed by atoms with Gasteiger partial charge in [0.25, 0.3) is 0 Å². The van der Waals surface area contributed by atoms with Gasteiger partial charge in [0, 0.05) is 0 Å². The number of rotatable bonds is 0. The Morgan fingerprint density at radius 2 is 0.750 bits per heavy atom. The standard InChI is InChI=1S/Ca.Mg.2S/q2*+2;2*-2. The van der Waals surface area contributed by atoms with Crippen molar-refractivity contribution in [2.24, 2.45) is 0 Å². The van der Waals surface area contributed by atoms with E-state index in [0.717, 1.165) is 0 Å². The third kappa shape index (κ3) is 8.83. The Kier molecular flexibility index (Phi) is 128. The Morgan fingerprint density at radius 1 is 0.750 bits per heavy atom. The summed E-state index contributed by atoms with van der Waals surface area (Å²) in [6.07, 6.45) is 0. The molecule has 4 heavy (non-hydrogen) atoms. The van der Waals surface area contributed by atoms with E-state index in [9.17, 15) is 0 Å². The van der Waals surface area contributed by atoms with E-state index in [4.69, 9.17) is 0 Å². The van der Waals surface area contributed by atoms with Crippen LogP contribution in [-0.2, 0) is 27.0 Å². The maximum Gasteiger partial charge on any atom is 2.00 e. The molecule has 0 heterocycles. The van der Waals surface area contributed by atoms with Crippen molar-refractivity contribution in [2.45, 2.75) is 0 Å². The predicted molar refractivity (Wildman–Crippen MR) is 26.2 cm³/mol. The fraction of sp³-hybridized carbons (Fsp3) is 0. The van der Waals surface area contributed by atoms with Crippen LogP contribution in [0.4, 0.5) is 0 Å². The van der Waals surface area contributed by atoms with E-state index in [0.29, 0.717) is 0 Å². The molecule has 0 bridgehead atoms.